The summed E-state index contributed by atoms with van der Waals surface area (Å²) in [5.41, 5.74) is -0.612. The van der Waals surface area contributed by atoms with Gasteiger partial charge in [0.2, 0.25) is 5.91 Å². The molecule has 0 atom stereocenters. The first-order valence-corrected chi connectivity index (χ1v) is 6.41. The number of nitrogens with one attached hydrogen (secondary N) is 1. The molecule has 108 valence electrons. The highest BCUT2D eigenvalue weighted by atomic mass is 19.1. The predicted octanol–water partition coefficient (Wildman–Crippen LogP) is 2.88. The SMILES string of the molecule is COC(=O)c1cc(NC(=O)C2CCCC2)c(F)cc1F. The summed E-state index contributed by atoms with van der Waals surface area (Å²) in [4.78, 5) is 23.3. The summed E-state index contributed by atoms with van der Waals surface area (Å²) in [6.07, 6.45) is 3.46. The lowest BCUT2D eigenvalue weighted by Crippen LogP contribution is -2.21. The lowest BCUT2D eigenvalue weighted by atomic mass is 10.1. The predicted molar refractivity (Wildman–Crippen MR) is 68.3 cm³/mol. The molecule has 0 aromatic heterocycles. The normalized spacial score (nSPS) is 15.2. The van der Waals surface area contributed by atoms with Crippen molar-refractivity contribution >= 4 is 17.6 Å². The summed E-state index contributed by atoms with van der Waals surface area (Å²) in [6.45, 7) is 0. The molecule has 0 unspecified atom stereocenters. The van der Waals surface area contributed by atoms with E-state index < -0.39 is 23.2 Å². The molecule has 0 radical (unpaired) electrons. The zero-order valence-corrected chi connectivity index (χ0v) is 11.0. The van der Waals surface area contributed by atoms with Gasteiger partial charge in [0.25, 0.3) is 0 Å². The number of esters is 1. The van der Waals surface area contributed by atoms with Crippen molar-refractivity contribution in [2.24, 2.45) is 5.92 Å². The van der Waals surface area contributed by atoms with Crippen molar-refractivity contribution < 1.29 is 23.1 Å². The van der Waals surface area contributed by atoms with E-state index >= 15 is 0 Å². The first-order valence-electron chi connectivity index (χ1n) is 6.41. The summed E-state index contributed by atoms with van der Waals surface area (Å²) < 4.78 is 31.5. The third-order valence-corrected chi connectivity index (χ3v) is 3.45. The lowest BCUT2D eigenvalue weighted by Gasteiger charge is -2.12. The molecular formula is C14H15F2NO3. The molecule has 1 aromatic rings. The third-order valence-electron chi connectivity index (χ3n) is 3.45. The van der Waals surface area contributed by atoms with Crippen LogP contribution in [-0.4, -0.2) is 19.0 Å². The van der Waals surface area contributed by atoms with Gasteiger partial charge in [-0.25, -0.2) is 13.6 Å². The van der Waals surface area contributed by atoms with Crippen LogP contribution >= 0.6 is 0 Å². The number of amides is 1. The average molecular weight is 283 g/mol. The van der Waals surface area contributed by atoms with E-state index in [1.54, 1.807) is 0 Å². The second-order valence-electron chi connectivity index (χ2n) is 4.77. The minimum Gasteiger partial charge on any atom is -0.465 e. The van der Waals surface area contributed by atoms with Crippen molar-refractivity contribution in [2.75, 3.05) is 12.4 Å². The van der Waals surface area contributed by atoms with Crippen molar-refractivity contribution in [3.63, 3.8) is 0 Å². The van der Waals surface area contributed by atoms with E-state index in [1.807, 2.05) is 0 Å². The van der Waals surface area contributed by atoms with Crippen LogP contribution in [0.15, 0.2) is 12.1 Å². The fourth-order valence-corrected chi connectivity index (χ4v) is 2.33. The Bertz CT molecular complexity index is 539. The summed E-state index contributed by atoms with van der Waals surface area (Å²) >= 11 is 0. The van der Waals surface area contributed by atoms with Crippen LogP contribution in [0.1, 0.15) is 36.0 Å². The van der Waals surface area contributed by atoms with Crippen molar-refractivity contribution in [3.05, 3.63) is 29.3 Å². The average Bonchev–Trinajstić information content (AvgIpc) is 2.95. The Morgan fingerprint density at radius 3 is 2.45 bits per heavy atom. The van der Waals surface area contributed by atoms with E-state index in [2.05, 4.69) is 10.1 Å². The van der Waals surface area contributed by atoms with Crippen LogP contribution < -0.4 is 5.32 Å². The molecule has 0 spiro atoms. The Hall–Kier alpha value is -1.98. The van der Waals surface area contributed by atoms with Gasteiger partial charge < -0.3 is 10.1 Å². The van der Waals surface area contributed by atoms with E-state index in [4.69, 9.17) is 0 Å². The number of ether oxygens (including phenoxy) is 1. The minimum absolute atomic E-state index is 0.152. The Labute approximate surface area is 115 Å². The van der Waals surface area contributed by atoms with Gasteiger partial charge in [-0.05, 0) is 18.9 Å². The first-order chi connectivity index (χ1) is 9.52. The maximum Gasteiger partial charge on any atom is 0.340 e. The molecule has 0 saturated heterocycles. The van der Waals surface area contributed by atoms with Gasteiger partial charge in [0.05, 0.1) is 18.4 Å². The molecule has 1 fully saturated rings. The van der Waals surface area contributed by atoms with Gasteiger partial charge in [-0.3, -0.25) is 4.79 Å². The zero-order valence-electron chi connectivity index (χ0n) is 11.0. The fourth-order valence-electron chi connectivity index (χ4n) is 2.33. The van der Waals surface area contributed by atoms with E-state index in [1.165, 1.54) is 0 Å². The fraction of sp³-hybridized carbons (Fsp3) is 0.429. The molecule has 1 aliphatic rings. The minimum atomic E-state index is -1.02. The molecule has 1 saturated carbocycles. The Balaban J connectivity index is 2.22. The summed E-state index contributed by atoms with van der Waals surface area (Å²) in [5.74, 6) is -3.31. The quantitative estimate of drug-likeness (QED) is 0.868. The highest BCUT2D eigenvalue weighted by Crippen LogP contribution is 2.27. The van der Waals surface area contributed by atoms with Crippen molar-refractivity contribution in [1.29, 1.82) is 0 Å². The number of benzene rings is 1. The van der Waals surface area contributed by atoms with E-state index in [9.17, 15) is 18.4 Å². The Kier molecular flexibility index (Phi) is 4.32. The molecule has 4 nitrogen and oxygen atoms in total. The van der Waals surface area contributed by atoms with Gasteiger partial charge in [-0.15, -0.1) is 0 Å². The monoisotopic (exact) mass is 283 g/mol. The largest absolute Gasteiger partial charge is 0.465 e. The van der Waals surface area contributed by atoms with Crippen LogP contribution in [0.5, 0.6) is 0 Å². The Morgan fingerprint density at radius 2 is 1.85 bits per heavy atom. The summed E-state index contributed by atoms with van der Waals surface area (Å²) in [6, 6.07) is 1.53. The van der Waals surface area contributed by atoms with E-state index in [0.717, 1.165) is 38.9 Å². The van der Waals surface area contributed by atoms with E-state index in [-0.39, 0.29) is 17.5 Å². The van der Waals surface area contributed by atoms with Crippen molar-refractivity contribution in [3.8, 4) is 0 Å². The maximum absolute atomic E-state index is 13.6. The van der Waals surface area contributed by atoms with Crippen molar-refractivity contribution in [2.45, 2.75) is 25.7 Å². The van der Waals surface area contributed by atoms with E-state index in [0.29, 0.717) is 6.07 Å². The van der Waals surface area contributed by atoms with Crippen molar-refractivity contribution in [1.82, 2.24) is 0 Å². The van der Waals surface area contributed by atoms with Crippen LogP contribution in [0.25, 0.3) is 0 Å². The number of carbonyl (C=O) groups is 2. The van der Waals surface area contributed by atoms with Gasteiger partial charge in [0, 0.05) is 12.0 Å². The lowest BCUT2D eigenvalue weighted by molar-refractivity contribution is -0.119. The number of rotatable bonds is 3. The topological polar surface area (TPSA) is 55.4 Å². The molecule has 20 heavy (non-hydrogen) atoms. The molecule has 1 aromatic carbocycles. The maximum atomic E-state index is 13.6. The van der Waals surface area contributed by atoms with Gasteiger partial charge in [-0.1, -0.05) is 12.8 Å². The molecule has 1 N–H and O–H groups in total. The highest BCUT2D eigenvalue weighted by molar-refractivity contribution is 5.95. The number of hydrogen-bond donors (Lipinski definition) is 1. The van der Waals surface area contributed by atoms with Gasteiger partial charge in [-0.2, -0.15) is 0 Å². The van der Waals surface area contributed by atoms with Gasteiger partial charge in [0.15, 0.2) is 0 Å². The molecule has 1 aliphatic carbocycles. The van der Waals surface area contributed by atoms with Crippen LogP contribution in [-0.2, 0) is 9.53 Å². The first kappa shape index (κ1) is 14.4. The standard InChI is InChI=1S/C14H15F2NO3/c1-20-14(19)9-6-12(11(16)7-10(9)15)17-13(18)8-4-2-3-5-8/h6-8H,2-5H2,1H3,(H,17,18). The van der Waals surface area contributed by atoms with Crippen LogP contribution in [0, 0.1) is 17.6 Å². The van der Waals surface area contributed by atoms with Crippen LogP contribution in [0.2, 0.25) is 0 Å². The molecular weight excluding hydrogens is 268 g/mol. The number of hydrogen-bond acceptors (Lipinski definition) is 3. The van der Waals surface area contributed by atoms with Gasteiger partial charge in [0.1, 0.15) is 11.6 Å². The highest BCUT2D eigenvalue weighted by Gasteiger charge is 2.24. The second-order valence-corrected chi connectivity index (χ2v) is 4.77. The van der Waals surface area contributed by atoms with Crippen LogP contribution in [0.4, 0.5) is 14.5 Å². The number of methoxy groups -OCH3 is 1. The number of halogens is 2. The third kappa shape index (κ3) is 2.95. The molecule has 6 heteroatoms. The molecule has 2 rings (SSSR count). The summed E-state index contributed by atoms with van der Waals surface area (Å²) in [5, 5.41) is 2.41. The number of carbonyl (C=O) groups excluding carboxylic acids is 2. The zero-order chi connectivity index (χ0) is 14.7. The smallest absolute Gasteiger partial charge is 0.340 e. The second kappa shape index (κ2) is 5.98. The molecule has 0 aliphatic heterocycles. The van der Waals surface area contributed by atoms with Crippen LogP contribution in [0.3, 0.4) is 0 Å². The molecule has 0 heterocycles. The van der Waals surface area contributed by atoms with Gasteiger partial charge >= 0.3 is 5.97 Å². The molecule has 0 bridgehead atoms. The molecule has 1 amide bonds. The number of anilines is 1. The summed E-state index contributed by atoms with van der Waals surface area (Å²) in [7, 11) is 1.10. The Morgan fingerprint density at radius 1 is 1.20 bits per heavy atom.